The highest BCUT2D eigenvalue weighted by molar-refractivity contribution is 5.96. The van der Waals surface area contributed by atoms with Gasteiger partial charge in [0.2, 0.25) is 11.6 Å². The van der Waals surface area contributed by atoms with Crippen LogP contribution in [0.1, 0.15) is 57.7 Å². The van der Waals surface area contributed by atoms with Crippen LogP contribution in [0.5, 0.6) is 0 Å². The molecule has 0 radical (unpaired) electrons. The molecule has 0 aliphatic heterocycles. The smallest absolute Gasteiger partial charge is 0.336 e. The first-order chi connectivity index (χ1) is 16.5. The fourth-order valence-corrected chi connectivity index (χ4v) is 3.88. The van der Waals surface area contributed by atoms with Gasteiger partial charge in [-0.25, -0.2) is 14.5 Å². The number of hydrogen-bond acceptors (Lipinski definition) is 4. The average molecular weight is 454 g/mol. The van der Waals surface area contributed by atoms with Crippen molar-refractivity contribution < 1.29 is 14.7 Å². The van der Waals surface area contributed by atoms with Crippen LogP contribution in [0.15, 0.2) is 78.9 Å². The predicted molar refractivity (Wildman–Crippen MR) is 131 cm³/mol. The minimum absolute atomic E-state index is 0.0941. The summed E-state index contributed by atoms with van der Waals surface area (Å²) < 4.78 is 1.81. The normalized spacial score (nSPS) is 10.9. The molecule has 4 rings (SSSR count). The number of hydrogen-bond donors (Lipinski definition) is 1. The van der Waals surface area contributed by atoms with E-state index in [9.17, 15) is 14.7 Å². The summed E-state index contributed by atoms with van der Waals surface area (Å²) in [7, 11) is 0. The summed E-state index contributed by atoms with van der Waals surface area (Å²) in [5.41, 5.74) is 3.73. The Morgan fingerprint density at radius 1 is 0.882 bits per heavy atom. The van der Waals surface area contributed by atoms with Gasteiger partial charge in [0, 0.05) is 12.8 Å². The molecule has 6 nitrogen and oxygen atoms in total. The van der Waals surface area contributed by atoms with Gasteiger partial charge in [0.1, 0.15) is 5.82 Å². The van der Waals surface area contributed by atoms with Crippen LogP contribution in [0.25, 0.3) is 11.1 Å². The van der Waals surface area contributed by atoms with E-state index in [0.717, 1.165) is 41.8 Å². The Hall–Kier alpha value is -4.06. The van der Waals surface area contributed by atoms with Crippen molar-refractivity contribution in [2.45, 2.75) is 39.2 Å². The summed E-state index contributed by atoms with van der Waals surface area (Å²) in [4.78, 5) is 28.9. The molecule has 3 aromatic carbocycles. The topological polar surface area (TPSA) is 85.1 Å². The first-order valence-electron chi connectivity index (χ1n) is 11.5. The first kappa shape index (κ1) is 23.1. The van der Waals surface area contributed by atoms with E-state index in [4.69, 9.17) is 0 Å². The van der Waals surface area contributed by atoms with E-state index in [1.807, 2.05) is 71.4 Å². The molecule has 34 heavy (non-hydrogen) atoms. The van der Waals surface area contributed by atoms with Crippen molar-refractivity contribution in [2.75, 3.05) is 0 Å². The third kappa shape index (κ3) is 5.46. The number of aromatic carboxylic acids is 1. The largest absolute Gasteiger partial charge is 0.478 e. The van der Waals surface area contributed by atoms with Crippen LogP contribution in [0, 0.1) is 0 Å². The van der Waals surface area contributed by atoms with Crippen LogP contribution in [-0.4, -0.2) is 31.6 Å². The Labute approximate surface area is 198 Å². The summed E-state index contributed by atoms with van der Waals surface area (Å²) in [6.07, 6.45) is 3.02. The SMILES string of the molecule is CCCCc1nc(C(=O)Cc2ccccc2)nn1Cc1ccc(-c2ccccc2C(=O)O)cc1. The zero-order valence-corrected chi connectivity index (χ0v) is 19.1. The van der Waals surface area contributed by atoms with Crippen molar-refractivity contribution >= 4 is 11.8 Å². The molecule has 0 atom stereocenters. The zero-order chi connectivity index (χ0) is 23.9. The van der Waals surface area contributed by atoms with Crippen molar-refractivity contribution in [3.8, 4) is 11.1 Å². The molecule has 1 aromatic heterocycles. The van der Waals surface area contributed by atoms with Gasteiger partial charge in [-0.3, -0.25) is 4.79 Å². The number of carboxylic acid groups (broad SMARTS) is 1. The summed E-state index contributed by atoms with van der Waals surface area (Å²) in [6, 6.07) is 24.3. The molecular formula is C28H27N3O3. The molecule has 0 saturated carbocycles. The molecule has 172 valence electrons. The number of carbonyl (C=O) groups is 2. The fraction of sp³-hybridized carbons (Fsp3) is 0.214. The molecule has 0 fully saturated rings. The minimum atomic E-state index is -0.949. The molecule has 0 bridgehead atoms. The Bertz CT molecular complexity index is 1280. The number of carboxylic acids is 1. The van der Waals surface area contributed by atoms with E-state index < -0.39 is 5.97 Å². The van der Waals surface area contributed by atoms with Gasteiger partial charge in [0.15, 0.2) is 0 Å². The monoisotopic (exact) mass is 453 g/mol. The van der Waals surface area contributed by atoms with E-state index in [-0.39, 0.29) is 23.6 Å². The Morgan fingerprint density at radius 3 is 2.29 bits per heavy atom. The van der Waals surface area contributed by atoms with Crippen molar-refractivity contribution in [1.82, 2.24) is 14.8 Å². The second kappa shape index (κ2) is 10.7. The van der Waals surface area contributed by atoms with Gasteiger partial charge in [-0.2, -0.15) is 0 Å². The van der Waals surface area contributed by atoms with Gasteiger partial charge >= 0.3 is 5.97 Å². The molecule has 0 aliphatic rings. The van der Waals surface area contributed by atoms with Gasteiger partial charge in [-0.05, 0) is 34.7 Å². The average Bonchev–Trinajstić information content (AvgIpc) is 3.26. The lowest BCUT2D eigenvalue weighted by Gasteiger charge is -2.09. The lowest BCUT2D eigenvalue weighted by molar-refractivity contribution is 0.0697. The molecule has 0 aliphatic carbocycles. The van der Waals surface area contributed by atoms with Gasteiger partial charge in [-0.15, -0.1) is 5.10 Å². The fourth-order valence-electron chi connectivity index (χ4n) is 3.88. The third-order valence-electron chi connectivity index (χ3n) is 5.71. The highest BCUT2D eigenvalue weighted by Crippen LogP contribution is 2.24. The van der Waals surface area contributed by atoms with E-state index in [2.05, 4.69) is 17.0 Å². The van der Waals surface area contributed by atoms with E-state index in [0.29, 0.717) is 12.1 Å². The van der Waals surface area contributed by atoms with Crippen LogP contribution in [0.4, 0.5) is 0 Å². The standard InChI is InChI=1S/C28H27N3O3/c1-2-3-13-26-29-27(25(32)18-20-9-5-4-6-10-20)30-31(26)19-21-14-16-22(17-15-21)23-11-7-8-12-24(23)28(33)34/h4-12,14-17H,2-3,13,18-19H2,1H3,(H,33,34). The number of benzene rings is 3. The van der Waals surface area contributed by atoms with Crippen molar-refractivity contribution in [2.24, 2.45) is 0 Å². The molecule has 4 aromatic rings. The van der Waals surface area contributed by atoms with Crippen molar-refractivity contribution in [1.29, 1.82) is 0 Å². The number of carbonyl (C=O) groups excluding carboxylic acids is 1. The second-order valence-electron chi connectivity index (χ2n) is 8.25. The van der Waals surface area contributed by atoms with Crippen LogP contribution in [-0.2, 0) is 19.4 Å². The highest BCUT2D eigenvalue weighted by Gasteiger charge is 2.17. The van der Waals surface area contributed by atoms with Gasteiger partial charge in [0.25, 0.3) is 0 Å². The third-order valence-corrected chi connectivity index (χ3v) is 5.71. The van der Waals surface area contributed by atoms with Gasteiger partial charge in [-0.1, -0.05) is 86.1 Å². The van der Waals surface area contributed by atoms with Gasteiger partial charge in [0.05, 0.1) is 12.1 Å². The van der Waals surface area contributed by atoms with E-state index in [1.165, 1.54) is 0 Å². The molecule has 6 heteroatoms. The summed E-state index contributed by atoms with van der Waals surface area (Å²) in [6.45, 7) is 2.61. The Morgan fingerprint density at radius 2 is 1.59 bits per heavy atom. The quantitative estimate of drug-likeness (QED) is 0.322. The molecular weight excluding hydrogens is 426 g/mol. The van der Waals surface area contributed by atoms with Crippen LogP contribution in [0.2, 0.25) is 0 Å². The summed E-state index contributed by atoms with van der Waals surface area (Å²) >= 11 is 0. The highest BCUT2D eigenvalue weighted by atomic mass is 16.4. The predicted octanol–water partition coefficient (Wildman–Crippen LogP) is 5.46. The molecule has 0 spiro atoms. The lowest BCUT2D eigenvalue weighted by Crippen LogP contribution is -2.09. The van der Waals surface area contributed by atoms with Crippen LogP contribution >= 0.6 is 0 Å². The molecule has 0 amide bonds. The number of Topliss-reactive ketones (excluding diaryl/α,β-unsaturated/α-hetero) is 1. The molecule has 0 unspecified atom stereocenters. The number of ketones is 1. The van der Waals surface area contributed by atoms with Crippen molar-refractivity contribution in [3.05, 3.63) is 107 Å². The molecule has 1 N–H and O–H groups in total. The van der Waals surface area contributed by atoms with E-state index in [1.54, 1.807) is 12.1 Å². The number of aryl methyl sites for hydroxylation is 1. The minimum Gasteiger partial charge on any atom is -0.478 e. The lowest BCUT2D eigenvalue weighted by atomic mass is 9.99. The number of rotatable bonds is 10. The number of unbranched alkanes of at least 4 members (excludes halogenated alkanes) is 1. The Balaban J connectivity index is 1.55. The number of nitrogens with zero attached hydrogens (tertiary/aromatic N) is 3. The maximum absolute atomic E-state index is 12.8. The van der Waals surface area contributed by atoms with Crippen molar-refractivity contribution in [3.63, 3.8) is 0 Å². The zero-order valence-electron chi connectivity index (χ0n) is 19.1. The second-order valence-corrected chi connectivity index (χ2v) is 8.25. The van der Waals surface area contributed by atoms with Crippen LogP contribution < -0.4 is 0 Å². The molecule has 0 saturated heterocycles. The van der Waals surface area contributed by atoms with E-state index >= 15 is 0 Å². The number of aromatic nitrogens is 3. The van der Waals surface area contributed by atoms with Crippen LogP contribution in [0.3, 0.4) is 0 Å². The summed E-state index contributed by atoms with van der Waals surface area (Å²) in [5, 5.41) is 14.0. The maximum Gasteiger partial charge on any atom is 0.336 e. The molecule has 1 heterocycles. The maximum atomic E-state index is 12.8. The summed E-state index contributed by atoms with van der Waals surface area (Å²) in [5.74, 6) is 0.0133. The van der Waals surface area contributed by atoms with Gasteiger partial charge < -0.3 is 5.11 Å². The Kier molecular flexibility index (Phi) is 7.28. The first-order valence-corrected chi connectivity index (χ1v) is 11.5.